The molecule has 0 fully saturated rings. The number of aryl methyl sites for hydroxylation is 1. The molecular weight excluding hydrogens is 412 g/mol. The molecule has 0 N–H and O–H groups in total. The van der Waals surface area contributed by atoms with Gasteiger partial charge in [0.1, 0.15) is 5.01 Å². The number of hydrogen-bond donors (Lipinski definition) is 0. The second kappa shape index (κ2) is 8.35. The van der Waals surface area contributed by atoms with E-state index < -0.39 is 0 Å². The third kappa shape index (κ3) is 3.72. The van der Waals surface area contributed by atoms with E-state index in [0.717, 1.165) is 47.6 Å². The number of carbonyl (C=O) groups excluding carboxylic acids is 2. The van der Waals surface area contributed by atoms with Gasteiger partial charge < -0.3 is 0 Å². The Bertz CT molecular complexity index is 1210. The molecule has 8 nitrogen and oxygen atoms in total. The summed E-state index contributed by atoms with van der Waals surface area (Å²) in [6.45, 7) is 0.470. The average molecular weight is 433 g/mol. The van der Waals surface area contributed by atoms with Gasteiger partial charge in [0.2, 0.25) is 4.96 Å². The van der Waals surface area contributed by atoms with Crippen molar-refractivity contribution in [3.63, 3.8) is 0 Å². The topological polar surface area (TPSA) is 93.4 Å². The van der Waals surface area contributed by atoms with Gasteiger partial charge in [0, 0.05) is 30.9 Å². The van der Waals surface area contributed by atoms with E-state index in [-0.39, 0.29) is 11.8 Å². The molecule has 1 aliphatic heterocycles. The lowest BCUT2D eigenvalue weighted by atomic mass is 10.1. The predicted octanol–water partition coefficient (Wildman–Crippen LogP) is 3.65. The van der Waals surface area contributed by atoms with Gasteiger partial charge in [-0.25, -0.2) is 0 Å². The normalized spacial score (nSPS) is 13.4. The van der Waals surface area contributed by atoms with Gasteiger partial charge in [-0.1, -0.05) is 36.3 Å². The number of fused-ring (bicyclic) bond motifs is 2. The quantitative estimate of drug-likeness (QED) is 0.312. The zero-order valence-electron chi connectivity index (χ0n) is 16.8. The first-order valence-corrected chi connectivity index (χ1v) is 11.1. The SMILES string of the molecule is O=C1c2ccccc2C(=O)N1CCCCCCc1nn2c(-c3cccnc3)nnc2s1. The molecule has 0 saturated carbocycles. The first kappa shape index (κ1) is 19.5. The number of rotatable bonds is 8. The molecule has 3 aromatic heterocycles. The zero-order chi connectivity index (χ0) is 21.2. The minimum atomic E-state index is -0.176. The number of imide groups is 1. The highest BCUT2D eigenvalue weighted by Gasteiger charge is 2.34. The van der Waals surface area contributed by atoms with E-state index in [1.807, 2.05) is 12.1 Å². The van der Waals surface area contributed by atoms with Gasteiger partial charge in [0.05, 0.1) is 11.1 Å². The van der Waals surface area contributed by atoms with Crippen LogP contribution in [0.2, 0.25) is 0 Å². The molecule has 0 spiro atoms. The van der Waals surface area contributed by atoms with Crippen LogP contribution in [0.3, 0.4) is 0 Å². The van der Waals surface area contributed by atoms with E-state index in [4.69, 9.17) is 0 Å². The van der Waals surface area contributed by atoms with Crippen LogP contribution < -0.4 is 0 Å². The molecule has 2 amide bonds. The van der Waals surface area contributed by atoms with Gasteiger partial charge in [-0.15, -0.1) is 10.2 Å². The van der Waals surface area contributed by atoms with E-state index in [2.05, 4.69) is 20.3 Å². The van der Waals surface area contributed by atoms with Crippen molar-refractivity contribution < 1.29 is 9.59 Å². The zero-order valence-corrected chi connectivity index (χ0v) is 17.6. The Hall–Kier alpha value is -3.46. The second-order valence-corrected chi connectivity index (χ2v) is 8.47. The Morgan fingerprint density at radius 3 is 2.39 bits per heavy atom. The number of nitrogens with zero attached hydrogens (tertiary/aromatic N) is 6. The number of amides is 2. The van der Waals surface area contributed by atoms with Crippen molar-refractivity contribution in [1.82, 2.24) is 29.7 Å². The summed E-state index contributed by atoms with van der Waals surface area (Å²) < 4.78 is 1.78. The predicted molar refractivity (Wildman–Crippen MR) is 116 cm³/mol. The molecule has 0 aliphatic carbocycles. The number of unbranched alkanes of at least 4 members (excludes halogenated alkanes) is 3. The summed E-state index contributed by atoms with van der Waals surface area (Å²) >= 11 is 1.55. The maximum atomic E-state index is 12.4. The van der Waals surface area contributed by atoms with Crippen molar-refractivity contribution in [1.29, 1.82) is 0 Å². The number of benzene rings is 1. The Morgan fingerprint density at radius 1 is 0.871 bits per heavy atom. The van der Waals surface area contributed by atoms with E-state index in [1.54, 1.807) is 52.5 Å². The maximum absolute atomic E-state index is 12.4. The standard InChI is InChI=1S/C22H20N6O2S/c29-20-16-9-4-5-10-17(16)21(30)27(20)13-6-2-1-3-11-18-26-28-19(24-25-22(28)31-18)15-8-7-12-23-14-15/h4-5,7-10,12,14H,1-3,6,11,13H2. The number of carbonyl (C=O) groups is 2. The Morgan fingerprint density at radius 2 is 1.65 bits per heavy atom. The lowest BCUT2D eigenvalue weighted by Gasteiger charge is -2.13. The van der Waals surface area contributed by atoms with Crippen molar-refractivity contribution in [2.45, 2.75) is 32.1 Å². The maximum Gasteiger partial charge on any atom is 0.261 e. The summed E-state index contributed by atoms with van der Waals surface area (Å²) in [5.41, 5.74) is 1.92. The third-order valence-corrected chi connectivity index (χ3v) is 6.31. The minimum Gasteiger partial charge on any atom is -0.274 e. The summed E-state index contributed by atoms with van der Waals surface area (Å²) in [7, 11) is 0. The molecule has 0 radical (unpaired) electrons. The first-order valence-electron chi connectivity index (χ1n) is 10.3. The monoisotopic (exact) mass is 432 g/mol. The largest absolute Gasteiger partial charge is 0.274 e. The summed E-state index contributed by atoms with van der Waals surface area (Å²) in [5.74, 6) is 0.348. The Kier molecular flexibility index (Phi) is 5.25. The van der Waals surface area contributed by atoms with E-state index >= 15 is 0 Å². The molecule has 5 rings (SSSR count). The van der Waals surface area contributed by atoms with Crippen molar-refractivity contribution in [2.75, 3.05) is 6.54 Å². The fourth-order valence-electron chi connectivity index (χ4n) is 3.77. The van der Waals surface area contributed by atoms with E-state index in [1.165, 1.54) is 4.90 Å². The van der Waals surface area contributed by atoms with Crippen molar-refractivity contribution in [3.05, 3.63) is 64.9 Å². The molecule has 1 aromatic carbocycles. The summed E-state index contributed by atoms with van der Waals surface area (Å²) in [5, 5.41) is 14.1. The van der Waals surface area contributed by atoms with Crippen LogP contribution in [-0.4, -0.2) is 48.1 Å². The highest BCUT2D eigenvalue weighted by molar-refractivity contribution is 7.16. The smallest absolute Gasteiger partial charge is 0.261 e. The van der Waals surface area contributed by atoms with Crippen LogP contribution in [0, 0.1) is 0 Å². The lowest BCUT2D eigenvalue weighted by molar-refractivity contribution is 0.0651. The fraction of sp³-hybridized carbons (Fsp3) is 0.273. The molecule has 156 valence electrons. The fourth-order valence-corrected chi connectivity index (χ4v) is 4.65. The van der Waals surface area contributed by atoms with Crippen LogP contribution in [0.25, 0.3) is 16.3 Å². The highest BCUT2D eigenvalue weighted by Crippen LogP contribution is 2.24. The Balaban J connectivity index is 1.10. The first-order chi connectivity index (χ1) is 15.2. The number of aromatic nitrogens is 5. The summed E-state index contributed by atoms with van der Waals surface area (Å²) in [6.07, 6.45) is 8.12. The summed E-state index contributed by atoms with van der Waals surface area (Å²) in [4.78, 5) is 31.0. The van der Waals surface area contributed by atoms with Crippen molar-refractivity contribution >= 4 is 28.1 Å². The van der Waals surface area contributed by atoms with Gasteiger partial charge in [0.25, 0.3) is 11.8 Å². The molecule has 0 bridgehead atoms. The molecule has 4 heterocycles. The van der Waals surface area contributed by atoms with Crippen LogP contribution in [0.1, 0.15) is 51.4 Å². The molecule has 9 heteroatoms. The molecule has 1 aliphatic rings. The molecule has 0 unspecified atom stereocenters. The minimum absolute atomic E-state index is 0.176. The van der Waals surface area contributed by atoms with E-state index in [0.29, 0.717) is 23.5 Å². The van der Waals surface area contributed by atoms with Gasteiger partial charge in [-0.2, -0.15) is 9.61 Å². The highest BCUT2D eigenvalue weighted by atomic mass is 32.1. The number of hydrogen-bond acceptors (Lipinski definition) is 7. The lowest BCUT2D eigenvalue weighted by Crippen LogP contribution is -2.30. The van der Waals surface area contributed by atoms with Crippen molar-refractivity contribution in [2.24, 2.45) is 0 Å². The molecule has 31 heavy (non-hydrogen) atoms. The Labute approximate surface area is 182 Å². The molecule has 4 aromatic rings. The number of pyridine rings is 1. The molecule has 0 atom stereocenters. The van der Waals surface area contributed by atoms with Crippen LogP contribution in [-0.2, 0) is 6.42 Å². The third-order valence-electron chi connectivity index (χ3n) is 5.35. The van der Waals surface area contributed by atoms with Crippen LogP contribution in [0.4, 0.5) is 0 Å². The van der Waals surface area contributed by atoms with Gasteiger partial charge in [0.15, 0.2) is 5.82 Å². The van der Waals surface area contributed by atoms with Gasteiger partial charge in [-0.3, -0.25) is 19.5 Å². The molecular formula is C22H20N6O2S. The van der Waals surface area contributed by atoms with Gasteiger partial charge >= 0.3 is 0 Å². The van der Waals surface area contributed by atoms with E-state index in [9.17, 15) is 9.59 Å². The van der Waals surface area contributed by atoms with Crippen LogP contribution in [0.5, 0.6) is 0 Å². The van der Waals surface area contributed by atoms with Crippen LogP contribution in [0.15, 0.2) is 48.8 Å². The molecule has 0 saturated heterocycles. The summed E-state index contributed by atoms with van der Waals surface area (Å²) in [6, 6.07) is 10.8. The second-order valence-electron chi connectivity index (χ2n) is 7.43. The van der Waals surface area contributed by atoms with Gasteiger partial charge in [-0.05, 0) is 37.1 Å². The average Bonchev–Trinajstić information content (AvgIpc) is 3.45. The van der Waals surface area contributed by atoms with Crippen molar-refractivity contribution in [3.8, 4) is 11.4 Å². The van der Waals surface area contributed by atoms with Crippen LogP contribution >= 0.6 is 11.3 Å².